The highest BCUT2D eigenvalue weighted by Gasteiger charge is 2.27. The number of methoxy groups -OCH3 is 2. The summed E-state index contributed by atoms with van der Waals surface area (Å²) in [5.41, 5.74) is 2.10. The minimum absolute atomic E-state index is 0.0291. The van der Waals surface area contributed by atoms with Crippen molar-refractivity contribution >= 4 is 11.9 Å². The van der Waals surface area contributed by atoms with E-state index in [0.717, 1.165) is 12.0 Å². The van der Waals surface area contributed by atoms with E-state index in [-0.39, 0.29) is 36.7 Å². The minimum Gasteiger partial charge on any atom is -0.486 e. The van der Waals surface area contributed by atoms with E-state index in [1.54, 1.807) is 6.07 Å². The van der Waals surface area contributed by atoms with Gasteiger partial charge in [0, 0.05) is 0 Å². The Kier molecular flexibility index (Phi) is 9.49. The first-order valence-corrected chi connectivity index (χ1v) is 10.9. The highest BCUT2D eigenvalue weighted by Crippen LogP contribution is 2.35. The van der Waals surface area contributed by atoms with E-state index in [9.17, 15) is 9.59 Å². The molecule has 7 heteroatoms. The lowest BCUT2D eigenvalue weighted by molar-refractivity contribution is 0.0546. The number of hydrogen-bond acceptors (Lipinski definition) is 7. The third-order valence-electron chi connectivity index (χ3n) is 5.01. The summed E-state index contributed by atoms with van der Waals surface area (Å²) in [7, 11) is 2.47. The number of benzene rings is 3. The first-order chi connectivity index (χ1) is 16.6. The van der Waals surface area contributed by atoms with Crippen LogP contribution in [0, 0.1) is 0 Å². The molecule has 7 nitrogen and oxygen atoms in total. The predicted octanol–water partition coefficient (Wildman–Crippen LogP) is 4.48. The highest BCUT2D eigenvalue weighted by molar-refractivity contribution is 6.05. The van der Waals surface area contributed by atoms with Gasteiger partial charge in [-0.25, -0.2) is 9.59 Å². The first-order valence-electron chi connectivity index (χ1n) is 10.9. The van der Waals surface area contributed by atoms with Crippen molar-refractivity contribution in [2.75, 3.05) is 34.0 Å². The molecule has 0 unspecified atom stereocenters. The number of esters is 2. The molecule has 178 valence electrons. The van der Waals surface area contributed by atoms with Crippen LogP contribution < -0.4 is 9.47 Å². The lowest BCUT2D eigenvalue weighted by Gasteiger charge is -2.18. The average molecular weight is 465 g/mol. The molecule has 0 amide bonds. The quantitative estimate of drug-likeness (QED) is 0.289. The largest absolute Gasteiger partial charge is 0.486 e. The highest BCUT2D eigenvalue weighted by atomic mass is 16.6. The molecule has 0 N–H and O–H groups in total. The van der Waals surface area contributed by atoms with Gasteiger partial charge in [-0.2, -0.15) is 0 Å². The second-order valence-corrected chi connectivity index (χ2v) is 7.27. The van der Waals surface area contributed by atoms with E-state index in [2.05, 4.69) is 0 Å². The lowest BCUT2D eigenvalue weighted by atomic mass is 10.1. The molecule has 0 radical (unpaired) electrons. The number of ether oxygens (including phenoxy) is 5. The topological polar surface area (TPSA) is 80.3 Å². The molecule has 34 heavy (non-hydrogen) atoms. The Morgan fingerprint density at radius 2 is 1.32 bits per heavy atom. The SMILES string of the molecule is COC(=O)c1ccc(OCc2ccccc2)c(OCCOCCc2ccccc2)c1C(=O)OC. The molecule has 3 aromatic carbocycles. The number of carbonyl (C=O) groups excluding carboxylic acids is 2. The Hall–Kier alpha value is -3.84. The summed E-state index contributed by atoms with van der Waals surface area (Å²) in [5, 5.41) is 0. The van der Waals surface area contributed by atoms with Crippen molar-refractivity contribution in [1.82, 2.24) is 0 Å². The van der Waals surface area contributed by atoms with E-state index in [1.165, 1.54) is 25.8 Å². The summed E-state index contributed by atoms with van der Waals surface area (Å²) in [5.74, 6) is -0.997. The molecule has 0 heterocycles. The number of carbonyl (C=O) groups is 2. The van der Waals surface area contributed by atoms with Gasteiger partial charge in [-0.05, 0) is 29.7 Å². The molecule has 0 bridgehead atoms. The molecule has 0 saturated carbocycles. The Morgan fingerprint density at radius 3 is 1.97 bits per heavy atom. The van der Waals surface area contributed by atoms with Gasteiger partial charge in [0.2, 0.25) is 0 Å². The van der Waals surface area contributed by atoms with Crippen LogP contribution in [0.15, 0.2) is 72.8 Å². The van der Waals surface area contributed by atoms with Gasteiger partial charge < -0.3 is 23.7 Å². The van der Waals surface area contributed by atoms with Gasteiger partial charge >= 0.3 is 11.9 Å². The fraction of sp³-hybridized carbons (Fsp3) is 0.259. The van der Waals surface area contributed by atoms with Gasteiger partial charge in [-0.1, -0.05) is 60.7 Å². The van der Waals surface area contributed by atoms with Crippen LogP contribution in [0.25, 0.3) is 0 Å². The molecule has 0 atom stereocenters. The zero-order valence-corrected chi connectivity index (χ0v) is 19.3. The summed E-state index contributed by atoms with van der Waals surface area (Å²) < 4.78 is 27.3. The van der Waals surface area contributed by atoms with Crippen LogP contribution >= 0.6 is 0 Å². The van der Waals surface area contributed by atoms with Crippen LogP contribution in [-0.2, 0) is 27.2 Å². The lowest BCUT2D eigenvalue weighted by Crippen LogP contribution is -2.17. The van der Waals surface area contributed by atoms with E-state index in [1.807, 2.05) is 60.7 Å². The Balaban J connectivity index is 1.74. The third-order valence-corrected chi connectivity index (χ3v) is 5.01. The predicted molar refractivity (Wildman–Crippen MR) is 126 cm³/mol. The average Bonchev–Trinajstić information content (AvgIpc) is 2.89. The molecule has 0 saturated heterocycles. The van der Waals surface area contributed by atoms with Gasteiger partial charge in [0.25, 0.3) is 0 Å². The number of rotatable bonds is 12. The zero-order chi connectivity index (χ0) is 24.2. The maximum atomic E-state index is 12.6. The molecule has 0 aliphatic rings. The van der Waals surface area contributed by atoms with E-state index < -0.39 is 11.9 Å². The molecule has 3 aromatic rings. The molecule has 3 rings (SSSR count). The van der Waals surface area contributed by atoms with E-state index in [0.29, 0.717) is 12.4 Å². The van der Waals surface area contributed by atoms with Gasteiger partial charge in [0.15, 0.2) is 11.5 Å². The standard InChI is InChI=1S/C27H28O7/c1-30-26(28)22-13-14-23(34-19-21-11-7-4-8-12-21)25(24(22)27(29)31-2)33-18-17-32-16-15-20-9-5-3-6-10-20/h3-14H,15-19H2,1-2H3. The van der Waals surface area contributed by atoms with Crippen molar-refractivity contribution in [2.45, 2.75) is 13.0 Å². The van der Waals surface area contributed by atoms with Gasteiger partial charge in [-0.3, -0.25) is 0 Å². The summed E-state index contributed by atoms with van der Waals surface area (Å²) in [6, 6.07) is 22.6. The Bertz CT molecular complexity index is 1070. The van der Waals surface area contributed by atoms with E-state index >= 15 is 0 Å². The van der Waals surface area contributed by atoms with Crippen molar-refractivity contribution in [3.63, 3.8) is 0 Å². The fourth-order valence-corrected chi connectivity index (χ4v) is 3.28. The molecule has 0 aromatic heterocycles. The molecular weight excluding hydrogens is 436 g/mol. The maximum Gasteiger partial charge on any atom is 0.342 e. The van der Waals surface area contributed by atoms with Crippen LogP contribution in [0.4, 0.5) is 0 Å². The summed E-state index contributed by atoms with van der Waals surface area (Å²) >= 11 is 0. The fourth-order valence-electron chi connectivity index (χ4n) is 3.28. The molecule has 0 fully saturated rings. The van der Waals surface area contributed by atoms with Crippen LogP contribution in [0.1, 0.15) is 31.8 Å². The van der Waals surface area contributed by atoms with Crippen LogP contribution in [-0.4, -0.2) is 46.0 Å². The van der Waals surface area contributed by atoms with Gasteiger partial charge in [0.05, 0.1) is 33.0 Å². The Labute approximate surface area is 199 Å². The van der Waals surface area contributed by atoms with E-state index in [4.69, 9.17) is 23.7 Å². The monoisotopic (exact) mass is 464 g/mol. The maximum absolute atomic E-state index is 12.6. The van der Waals surface area contributed by atoms with Crippen LogP contribution in [0.2, 0.25) is 0 Å². The molecule has 0 aliphatic heterocycles. The third kappa shape index (κ3) is 6.83. The van der Waals surface area contributed by atoms with Crippen molar-refractivity contribution in [1.29, 1.82) is 0 Å². The second kappa shape index (κ2) is 13.0. The molecular formula is C27H28O7. The van der Waals surface area contributed by atoms with Crippen molar-refractivity contribution in [2.24, 2.45) is 0 Å². The smallest absolute Gasteiger partial charge is 0.342 e. The van der Waals surface area contributed by atoms with Crippen molar-refractivity contribution < 1.29 is 33.3 Å². The summed E-state index contributed by atoms with van der Waals surface area (Å²) in [4.78, 5) is 24.9. The van der Waals surface area contributed by atoms with Crippen molar-refractivity contribution in [3.8, 4) is 11.5 Å². The second-order valence-electron chi connectivity index (χ2n) is 7.27. The zero-order valence-electron chi connectivity index (χ0n) is 19.3. The van der Waals surface area contributed by atoms with Gasteiger partial charge in [-0.15, -0.1) is 0 Å². The normalized spacial score (nSPS) is 10.4. The summed E-state index contributed by atoms with van der Waals surface area (Å²) in [6.07, 6.45) is 0.775. The summed E-state index contributed by atoms with van der Waals surface area (Å²) in [6.45, 7) is 1.21. The van der Waals surface area contributed by atoms with Gasteiger partial charge in [0.1, 0.15) is 18.8 Å². The van der Waals surface area contributed by atoms with Crippen LogP contribution in [0.3, 0.4) is 0 Å². The molecule has 0 spiro atoms. The molecule has 0 aliphatic carbocycles. The van der Waals surface area contributed by atoms with Crippen LogP contribution in [0.5, 0.6) is 11.5 Å². The first kappa shape index (κ1) is 24.8. The van der Waals surface area contributed by atoms with Crippen molar-refractivity contribution in [3.05, 3.63) is 95.1 Å². The minimum atomic E-state index is -0.731. The number of hydrogen-bond donors (Lipinski definition) is 0. The Morgan fingerprint density at radius 1 is 0.676 bits per heavy atom.